The average molecular weight is 334 g/mol. The Morgan fingerprint density at radius 2 is 2.04 bits per heavy atom. The number of carbonyl (C=O) groups is 2. The topological polar surface area (TPSA) is 158 Å². The molecule has 0 aliphatic carbocycles. The second-order valence-corrected chi connectivity index (χ2v) is 5.15. The first-order valence-electron chi connectivity index (χ1n) is 6.17. The van der Waals surface area contributed by atoms with Gasteiger partial charge in [0.05, 0.1) is 11.4 Å². The molecule has 0 radical (unpaired) electrons. The third kappa shape index (κ3) is 4.03. The van der Waals surface area contributed by atoms with Crippen molar-refractivity contribution in [3.8, 4) is 11.3 Å². The van der Waals surface area contributed by atoms with Gasteiger partial charge in [0.2, 0.25) is 0 Å². The van der Waals surface area contributed by atoms with E-state index in [0.29, 0.717) is 16.4 Å². The molecule has 0 saturated heterocycles. The molecule has 0 aliphatic rings. The van der Waals surface area contributed by atoms with Gasteiger partial charge in [-0.05, 0) is 12.1 Å². The summed E-state index contributed by atoms with van der Waals surface area (Å²) in [5.74, 6) is -1.90. The zero-order valence-electron chi connectivity index (χ0n) is 11.6. The molecular weight excluding hydrogens is 322 g/mol. The Kier molecular flexibility index (Phi) is 4.91. The second kappa shape index (κ2) is 6.87. The molecule has 0 aliphatic heterocycles. The van der Waals surface area contributed by atoms with Crippen LogP contribution >= 0.6 is 11.3 Å². The van der Waals surface area contributed by atoms with Gasteiger partial charge < -0.3 is 27.2 Å². The maximum absolute atomic E-state index is 11.0. The minimum atomic E-state index is -0.951. The number of nitrogens with one attached hydrogen (secondary N) is 1. The molecule has 9 nitrogen and oxygen atoms in total. The summed E-state index contributed by atoms with van der Waals surface area (Å²) in [5.41, 5.74) is 10.9. The van der Waals surface area contributed by atoms with E-state index < -0.39 is 11.8 Å². The van der Waals surface area contributed by atoms with Crippen molar-refractivity contribution in [1.82, 2.24) is 4.98 Å². The van der Waals surface area contributed by atoms with Gasteiger partial charge in [-0.2, -0.15) is 0 Å². The minimum absolute atomic E-state index is 0.0645. The summed E-state index contributed by atoms with van der Waals surface area (Å²) in [4.78, 5) is 26.3. The summed E-state index contributed by atoms with van der Waals surface area (Å²) < 4.78 is 0. The lowest BCUT2D eigenvalue weighted by Gasteiger charge is -2.21. The van der Waals surface area contributed by atoms with Gasteiger partial charge in [-0.1, -0.05) is 12.1 Å². The van der Waals surface area contributed by atoms with E-state index in [2.05, 4.69) is 10.3 Å². The second-order valence-electron chi connectivity index (χ2n) is 4.29. The molecule has 0 saturated carbocycles. The fraction of sp³-hybridized carbons (Fsp3) is 0. The highest BCUT2D eigenvalue weighted by Gasteiger charge is 2.12. The maximum Gasteiger partial charge on any atom is 0.255 e. The van der Waals surface area contributed by atoms with Crippen LogP contribution in [0, 0.1) is 5.21 Å². The number of primary amides is 2. The van der Waals surface area contributed by atoms with E-state index >= 15 is 0 Å². The minimum Gasteiger partial charge on any atom is -0.733 e. The molecule has 10 heteroatoms. The van der Waals surface area contributed by atoms with E-state index in [1.54, 1.807) is 17.5 Å². The van der Waals surface area contributed by atoms with Crippen LogP contribution < -0.4 is 22.0 Å². The van der Waals surface area contributed by atoms with Gasteiger partial charge in [0.1, 0.15) is 5.57 Å². The van der Waals surface area contributed by atoms with E-state index in [0.717, 1.165) is 6.20 Å². The van der Waals surface area contributed by atoms with Crippen LogP contribution in [-0.2, 0) is 9.59 Å². The number of hydrogen-bond acceptors (Lipinski definition) is 8. The largest absolute Gasteiger partial charge is 0.733 e. The molecule has 2 rings (SSSR count). The molecular formula is C13H12N5O4S-. The fourth-order valence-corrected chi connectivity index (χ4v) is 2.34. The SMILES string of the molecule is NC(=O)C(=CNc1nc(-c2cccc(N([O-])O)c2)cs1)C(N)=O. The van der Waals surface area contributed by atoms with Gasteiger partial charge in [-0.15, -0.1) is 11.3 Å². The van der Waals surface area contributed by atoms with E-state index in [4.69, 9.17) is 16.7 Å². The Morgan fingerprint density at radius 3 is 2.65 bits per heavy atom. The standard InChI is InChI=1S/C13H12N5O4S/c14-11(19)9(12(15)20)5-16-13-17-10(6-23-13)7-2-1-3-8(4-7)18(21)22/h1-6,21H,(H2,14,19)(H2,15,20)(H,16,17)/q-1. The third-order valence-corrected chi connectivity index (χ3v) is 3.51. The predicted octanol–water partition coefficient (Wildman–Crippen LogP) is 0.770. The highest BCUT2D eigenvalue weighted by molar-refractivity contribution is 7.14. The molecule has 1 aromatic heterocycles. The van der Waals surface area contributed by atoms with Gasteiger partial charge in [-0.3, -0.25) is 14.8 Å². The van der Waals surface area contributed by atoms with Crippen molar-refractivity contribution in [2.75, 3.05) is 10.5 Å². The number of carbonyl (C=O) groups excluding carboxylic acids is 2. The first-order chi connectivity index (χ1) is 10.9. The summed E-state index contributed by atoms with van der Waals surface area (Å²) in [7, 11) is 0. The molecule has 2 amide bonds. The Hall–Kier alpha value is -2.95. The average Bonchev–Trinajstić information content (AvgIpc) is 2.95. The van der Waals surface area contributed by atoms with Crippen LogP contribution in [0.15, 0.2) is 41.4 Å². The fourth-order valence-electron chi connectivity index (χ4n) is 1.65. The third-order valence-electron chi connectivity index (χ3n) is 2.74. The zero-order valence-corrected chi connectivity index (χ0v) is 12.4. The van der Waals surface area contributed by atoms with Crippen LogP contribution in [0.4, 0.5) is 10.8 Å². The summed E-state index contributed by atoms with van der Waals surface area (Å²) in [6, 6.07) is 6.20. The number of anilines is 2. The summed E-state index contributed by atoms with van der Waals surface area (Å²) in [5, 5.41) is 24.3. The Bertz CT molecular complexity index is 755. The number of benzene rings is 1. The van der Waals surface area contributed by atoms with E-state index in [9.17, 15) is 14.8 Å². The number of aromatic nitrogens is 1. The number of rotatable bonds is 6. The molecule has 120 valence electrons. The van der Waals surface area contributed by atoms with Crippen molar-refractivity contribution < 1.29 is 14.8 Å². The van der Waals surface area contributed by atoms with Gasteiger partial charge in [0.15, 0.2) is 5.13 Å². The lowest BCUT2D eigenvalue weighted by molar-refractivity contribution is -0.120. The molecule has 0 unspecified atom stereocenters. The molecule has 0 bridgehead atoms. The van der Waals surface area contributed by atoms with E-state index in [1.165, 1.54) is 23.5 Å². The summed E-state index contributed by atoms with van der Waals surface area (Å²) >= 11 is 1.20. The highest BCUT2D eigenvalue weighted by Crippen LogP contribution is 2.27. The molecule has 1 heterocycles. The predicted molar refractivity (Wildman–Crippen MR) is 85.3 cm³/mol. The number of nitrogens with zero attached hydrogens (tertiary/aromatic N) is 2. The van der Waals surface area contributed by atoms with Gasteiger partial charge >= 0.3 is 0 Å². The number of hydrogen-bond donors (Lipinski definition) is 4. The Morgan fingerprint density at radius 1 is 1.35 bits per heavy atom. The van der Waals surface area contributed by atoms with Gasteiger partial charge in [-0.25, -0.2) is 4.98 Å². The van der Waals surface area contributed by atoms with Gasteiger partial charge in [0.25, 0.3) is 11.8 Å². The van der Waals surface area contributed by atoms with E-state index in [-0.39, 0.29) is 16.5 Å². The number of thiazole rings is 1. The zero-order chi connectivity index (χ0) is 17.0. The van der Waals surface area contributed by atoms with Crippen LogP contribution in [0.25, 0.3) is 11.3 Å². The first-order valence-corrected chi connectivity index (χ1v) is 7.05. The van der Waals surface area contributed by atoms with Gasteiger partial charge in [0, 0.05) is 17.1 Å². The Labute approximate surface area is 134 Å². The molecule has 6 N–H and O–H groups in total. The van der Waals surface area contributed by atoms with Crippen molar-refractivity contribution in [2.24, 2.45) is 11.5 Å². The first kappa shape index (κ1) is 16.4. The molecule has 0 spiro atoms. The monoisotopic (exact) mass is 334 g/mol. The molecule has 0 atom stereocenters. The highest BCUT2D eigenvalue weighted by atomic mass is 32.1. The van der Waals surface area contributed by atoms with Crippen LogP contribution in [0.1, 0.15) is 0 Å². The summed E-state index contributed by atoms with van der Waals surface area (Å²) in [6.45, 7) is 0. The quantitative estimate of drug-likeness (QED) is 0.263. The number of nitrogens with two attached hydrogens (primary N) is 2. The molecule has 0 fully saturated rings. The van der Waals surface area contributed by atoms with Crippen molar-refractivity contribution in [2.45, 2.75) is 0 Å². The summed E-state index contributed by atoms with van der Waals surface area (Å²) in [6.07, 6.45) is 1.08. The van der Waals surface area contributed by atoms with Crippen LogP contribution in [0.2, 0.25) is 0 Å². The lowest BCUT2D eigenvalue weighted by atomic mass is 10.1. The maximum atomic E-state index is 11.0. The van der Waals surface area contributed by atoms with Crippen molar-refractivity contribution in [1.29, 1.82) is 0 Å². The molecule has 2 aromatic rings. The molecule has 23 heavy (non-hydrogen) atoms. The van der Waals surface area contributed by atoms with Crippen LogP contribution in [-0.4, -0.2) is 22.0 Å². The van der Waals surface area contributed by atoms with E-state index in [1.807, 2.05) is 0 Å². The molecule has 1 aromatic carbocycles. The van der Waals surface area contributed by atoms with Crippen molar-refractivity contribution >= 4 is 34.0 Å². The smallest absolute Gasteiger partial charge is 0.255 e. The van der Waals surface area contributed by atoms with Crippen molar-refractivity contribution in [3.05, 3.63) is 46.6 Å². The van der Waals surface area contributed by atoms with Crippen LogP contribution in [0.3, 0.4) is 0 Å². The lowest BCUT2D eigenvalue weighted by Crippen LogP contribution is -2.26. The van der Waals surface area contributed by atoms with Crippen molar-refractivity contribution in [3.63, 3.8) is 0 Å². The Balaban J connectivity index is 2.21. The van der Waals surface area contributed by atoms with Crippen LogP contribution in [0.5, 0.6) is 0 Å². The number of amides is 2. The normalized spacial score (nSPS) is 10.0.